The Morgan fingerprint density at radius 2 is 2.29 bits per heavy atom. The third-order valence-corrected chi connectivity index (χ3v) is 4.89. The maximum Gasteiger partial charge on any atom is 0.221 e. The van der Waals surface area contributed by atoms with Crippen LogP contribution in [0.3, 0.4) is 0 Å². The molecular weight excluding hydrogens is 302 g/mol. The number of hydrogen-bond donors (Lipinski definition) is 1. The maximum absolute atomic E-state index is 11.8. The molecule has 2 aromatic rings. The third-order valence-electron chi connectivity index (χ3n) is 2.75. The number of nitrogens with zero attached hydrogens (tertiary/aromatic N) is 2. The number of aromatic nitrogens is 2. The van der Waals surface area contributed by atoms with Crippen LogP contribution in [0.25, 0.3) is 0 Å². The standard InChI is InChI=1S/C15H19N3OS2/c1-11(2)15-18-12(10-21-15)9-17-13(19)6-8-20-14-5-3-4-7-16-14/h3-5,7,10-11H,6,8-9H2,1-2H3,(H,17,19). The predicted octanol–water partition coefficient (Wildman–Crippen LogP) is 3.46. The lowest BCUT2D eigenvalue weighted by molar-refractivity contribution is -0.120. The normalized spacial score (nSPS) is 10.8. The molecule has 112 valence electrons. The number of pyridine rings is 1. The topological polar surface area (TPSA) is 54.9 Å². The second kappa shape index (κ2) is 8.14. The van der Waals surface area contributed by atoms with E-state index in [1.165, 1.54) is 0 Å². The van der Waals surface area contributed by atoms with Gasteiger partial charge >= 0.3 is 0 Å². The van der Waals surface area contributed by atoms with Crippen LogP contribution in [-0.2, 0) is 11.3 Å². The fourth-order valence-electron chi connectivity index (χ4n) is 1.63. The minimum atomic E-state index is 0.0533. The molecule has 1 N–H and O–H groups in total. The second-order valence-electron chi connectivity index (χ2n) is 4.87. The Bertz CT molecular complexity index is 569. The molecule has 2 aromatic heterocycles. The highest BCUT2D eigenvalue weighted by molar-refractivity contribution is 7.99. The van der Waals surface area contributed by atoms with Crippen molar-refractivity contribution in [1.82, 2.24) is 15.3 Å². The summed E-state index contributed by atoms with van der Waals surface area (Å²) in [6.07, 6.45) is 2.25. The van der Waals surface area contributed by atoms with Gasteiger partial charge in [0, 0.05) is 29.7 Å². The van der Waals surface area contributed by atoms with Gasteiger partial charge in [-0.05, 0) is 12.1 Å². The minimum absolute atomic E-state index is 0.0533. The van der Waals surface area contributed by atoms with Gasteiger partial charge in [0.15, 0.2) is 0 Å². The molecule has 0 spiro atoms. The molecular formula is C15H19N3OS2. The zero-order valence-electron chi connectivity index (χ0n) is 12.2. The molecule has 0 bridgehead atoms. The highest BCUT2D eigenvalue weighted by Crippen LogP contribution is 2.19. The van der Waals surface area contributed by atoms with Gasteiger partial charge in [0.05, 0.1) is 22.3 Å². The molecule has 0 aliphatic heterocycles. The first-order valence-corrected chi connectivity index (χ1v) is 8.76. The van der Waals surface area contributed by atoms with Crippen molar-refractivity contribution < 1.29 is 4.79 Å². The molecule has 4 nitrogen and oxygen atoms in total. The smallest absolute Gasteiger partial charge is 0.221 e. The zero-order chi connectivity index (χ0) is 15.1. The summed E-state index contributed by atoms with van der Waals surface area (Å²) in [7, 11) is 0. The van der Waals surface area contributed by atoms with Crippen LogP contribution in [0.2, 0.25) is 0 Å². The molecule has 6 heteroatoms. The highest BCUT2D eigenvalue weighted by atomic mass is 32.2. The molecule has 2 rings (SSSR count). The highest BCUT2D eigenvalue weighted by Gasteiger charge is 2.07. The van der Waals surface area contributed by atoms with E-state index in [9.17, 15) is 4.79 Å². The largest absolute Gasteiger partial charge is 0.350 e. The summed E-state index contributed by atoms with van der Waals surface area (Å²) >= 11 is 3.24. The van der Waals surface area contributed by atoms with Crippen molar-refractivity contribution in [3.63, 3.8) is 0 Å². The third kappa shape index (κ3) is 5.47. The number of carbonyl (C=O) groups is 1. The number of carbonyl (C=O) groups excluding carboxylic acids is 1. The van der Waals surface area contributed by atoms with Gasteiger partial charge in [0.1, 0.15) is 0 Å². The Morgan fingerprint density at radius 1 is 1.43 bits per heavy atom. The molecule has 0 saturated heterocycles. The molecule has 0 radical (unpaired) electrons. The van der Waals surface area contributed by atoms with E-state index in [1.807, 2.05) is 23.6 Å². The van der Waals surface area contributed by atoms with E-state index in [4.69, 9.17) is 0 Å². The van der Waals surface area contributed by atoms with Gasteiger partial charge in [-0.2, -0.15) is 0 Å². The average molecular weight is 321 g/mol. The van der Waals surface area contributed by atoms with Crippen LogP contribution in [0.4, 0.5) is 0 Å². The average Bonchev–Trinajstić information content (AvgIpc) is 2.95. The van der Waals surface area contributed by atoms with Crippen LogP contribution in [0.15, 0.2) is 34.8 Å². The van der Waals surface area contributed by atoms with Crippen LogP contribution in [0.1, 0.15) is 36.9 Å². The number of thiazole rings is 1. The first kappa shape index (κ1) is 16.0. The number of amides is 1. The molecule has 0 aromatic carbocycles. The number of nitrogens with one attached hydrogen (secondary N) is 1. The zero-order valence-corrected chi connectivity index (χ0v) is 13.8. The lowest BCUT2D eigenvalue weighted by atomic mass is 10.2. The summed E-state index contributed by atoms with van der Waals surface area (Å²) in [5.41, 5.74) is 0.939. The fraction of sp³-hybridized carbons (Fsp3) is 0.400. The molecule has 0 aliphatic carbocycles. The van der Waals surface area contributed by atoms with Crippen LogP contribution in [-0.4, -0.2) is 21.6 Å². The first-order valence-electron chi connectivity index (χ1n) is 6.90. The molecule has 2 heterocycles. The van der Waals surface area contributed by atoms with E-state index >= 15 is 0 Å². The summed E-state index contributed by atoms with van der Waals surface area (Å²) in [5, 5.41) is 6.99. The van der Waals surface area contributed by atoms with Gasteiger partial charge in [-0.1, -0.05) is 19.9 Å². The Hall–Kier alpha value is -1.40. The Balaban J connectivity index is 1.67. The Kier molecular flexibility index (Phi) is 6.20. The Labute approximate surface area is 133 Å². The predicted molar refractivity (Wildman–Crippen MR) is 87.6 cm³/mol. The van der Waals surface area contributed by atoms with Gasteiger partial charge in [0.2, 0.25) is 5.91 Å². The monoisotopic (exact) mass is 321 g/mol. The summed E-state index contributed by atoms with van der Waals surface area (Å²) in [6, 6.07) is 5.78. The minimum Gasteiger partial charge on any atom is -0.350 e. The number of hydrogen-bond acceptors (Lipinski definition) is 5. The molecule has 0 atom stereocenters. The summed E-state index contributed by atoms with van der Waals surface area (Å²) in [4.78, 5) is 20.5. The molecule has 0 unspecified atom stereocenters. The Morgan fingerprint density at radius 3 is 2.95 bits per heavy atom. The maximum atomic E-state index is 11.8. The first-order chi connectivity index (χ1) is 10.1. The van der Waals surface area contributed by atoms with E-state index < -0.39 is 0 Å². The SMILES string of the molecule is CC(C)c1nc(CNC(=O)CCSc2ccccn2)cs1. The summed E-state index contributed by atoms with van der Waals surface area (Å²) in [6.45, 7) is 4.75. The van der Waals surface area contributed by atoms with Crippen molar-refractivity contribution in [3.8, 4) is 0 Å². The van der Waals surface area contributed by atoms with Gasteiger partial charge in [-0.15, -0.1) is 23.1 Å². The van der Waals surface area contributed by atoms with Crippen LogP contribution < -0.4 is 5.32 Å². The number of thioether (sulfide) groups is 1. The van der Waals surface area contributed by atoms with Crippen molar-refractivity contribution in [1.29, 1.82) is 0 Å². The van der Waals surface area contributed by atoms with Gasteiger partial charge < -0.3 is 5.32 Å². The van der Waals surface area contributed by atoms with Crippen LogP contribution in [0, 0.1) is 0 Å². The second-order valence-corrected chi connectivity index (χ2v) is 6.88. The summed E-state index contributed by atoms with van der Waals surface area (Å²) < 4.78 is 0. The van der Waals surface area contributed by atoms with E-state index in [2.05, 4.69) is 29.1 Å². The van der Waals surface area contributed by atoms with E-state index in [1.54, 1.807) is 29.3 Å². The quantitative estimate of drug-likeness (QED) is 0.794. The van der Waals surface area contributed by atoms with Gasteiger partial charge in [-0.25, -0.2) is 9.97 Å². The number of rotatable bonds is 7. The lowest BCUT2D eigenvalue weighted by Gasteiger charge is -2.03. The van der Waals surface area contributed by atoms with Crippen molar-refractivity contribution >= 4 is 29.0 Å². The molecule has 0 fully saturated rings. The van der Waals surface area contributed by atoms with E-state index in [0.717, 1.165) is 21.5 Å². The fourth-order valence-corrected chi connectivity index (χ4v) is 3.27. The molecule has 0 saturated carbocycles. The van der Waals surface area contributed by atoms with Crippen molar-refractivity contribution in [2.45, 2.75) is 37.8 Å². The van der Waals surface area contributed by atoms with E-state index in [0.29, 0.717) is 18.9 Å². The van der Waals surface area contributed by atoms with Crippen molar-refractivity contribution in [3.05, 3.63) is 40.5 Å². The van der Waals surface area contributed by atoms with Crippen LogP contribution >= 0.6 is 23.1 Å². The van der Waals surface area contributed by atoms with E-state index in [-0.39, 0.29) is 5.91 Å². The lowest BCUT2D eigenvalue weighted by Crippen LogP contribution is -2.23. The molecule has 21 heavy (non-hydrogen) atoms. The molecule has 0 aliphatic rings. The molecule has 1 amide bonds. The van der Waals surface area contributed by atoms with Crippen molar-refractivity contribution in [2.24, 2.45) is 0 Å². The van der Waals surface area contributed by atoms with Gasteiger partial charge in [-0.3, -0.25) is 4.79 Å². The van der Waals surface area contributed by atoms with Crippen LogP contribution in [0.5, 0.6) is 0 Å². The van der Waals surface area contributed by atoms with Gasteiger partial charge in [0.25, 0.3) is 0 Å². The summed E-state index contributed by atoms with van der Waals surface area (Å²) in [5.74, 6) is 1.23. The van der Waals surface area contributed by atoms with Crippen molar-refractivity contribution in [2.75, 3.05) is 5.75 Å².